The molecule has 3 rings (SSSR count). The summed E-state index contributed by atoms with van der Waals surface area (Å²) in [4.78, 5) is 14.2. The first-order valence-corrected chi connectivity index (χ1v) is 9.67. The molecule has 0 radical (unpaired) electrons. The highest BCUT2D eigenvalue weighted by Gasteiger charge is 2.43. The molecule has 1 aliphatic rings. The van der Waals surface area contributed by atoms with E-state index in [9.17, 15) is 13.2 Å². The van der Waals surface area contributed by atoms with Gasteiger partial charge in [0.25, 0.3) is 0 Å². The molecule has 0 bridgehead atoms. The standard InChI is InChI=1S/C20H19NO3S/c1-2-15-21-19(22)14-13-18(20(21)16-9-5-3-6-10-16)25(23,24)17-11-7-4-8-12-17/h1,3-12,18,20H,13-15H2/t18-,20+/m1/s1. The summed E-state index contributed by atoms with van der Waals surface area (Å²) in [6, 6.07) is 17.0. The van der Waals surface area contributed by atoms with Crippen molar-refractivity contribution >= 4 is 15.7 Å². The lowest BCUT2D eigenvalue weighted by Crippen LogP contribution is -2.48. The van der Waals surface area contributed by atoms with Crippen molar-refractivity contribution in [2.24, 2.45) is 0 Å². The van der Waals surface area contributed by atoms with Gasteiger partial charge in [0, 0.05) is 6.42 Å². The minimum absolute atomic E-state index is 0.0964. The molecule has 4 nitrogen and oxygen atoms in total. The lowest BCUT2D eigenvalue weighted by Gasteiger charge is -2.40. The van der Waals surface area contributed by atoms with Crippen LogP contribution in [0.1, 0.15) is 24.4 Å². The molecule has 2 atom stereocenters. The van der Waals surface area contributed by atoms with Gasteiger partial charge in [-0.15, -0.1) is 6.42 Å². The summed E-state index contributed by atoms with van der Waals surface area (Å²) in [6.07, 6.45) is 5.90. The molecular weight excluding hydrogens is 334 g/mol. The number of rotatable bonds is 4. The predicted octanol–water partition coefficient (Wildman–Crippen LogP) is 2.83. The molecule has 25 heavy (non-hydrogen) atoms. The number of carbonyl (C=O) groups excluding carboxylic acids is 1. The molecule has 128 valence electrons. The van der Waals surface area contributed by atoms with E-state index in [4.69, 9.17) is 6.42 Å². The lowest BCUT2D eigenvalue weighted by atomic mass is 9.94. The Morgan fingerprint density at radius 2 is 1.64 bits per heavy atom. The molecule has 5 heteroatoms. The summed E-state index contributed by atoms with van der Waals surface area (Å²) in [7, 11) is -3.60. The second-order valence-corrected chi connectivity index (χ2v) is 8.18. The predicted molar refractivity (Wildman–Crippen MR) is 96.4 cm³/mol. The van der Waals surface area contributed by atoms with E-state index in [2.05, 4.69) is 5.92 Å². The maximum Gasteiger partial charge on any atom is 0.223 e. The van der Waals surface area contributed by atoms with Gasteiger partial charge in [0.2, 0.25) is 5.91 Å². The third-order valence-electron chi connectivity index (χ3n) is 4.52. The lowest BCUT2D eigenvalue weighted by molar-refractivity contribution is -0.135. The van der Waals surface area contributed by atoms with Crippen molar-refractivity contribution in [1.82, 2.24) is 4.90 Å². The average Bonchev–Trinajstić information content (AvgIpc) is 2.64. The van der Waals surface area contributed by atoms with Crippen molar-refractivity contribution in [1.29, 1.82) is 0 Å². The SMILES string of the molecule is C#CCN1C(=O)CC[C@@H](S(=O)(=O)c2ccccc2)[C@@H]1c1ccccc1. The molecule has 0 N–H and O–H groups in total. The Kier molecular flexibility index (Phi) is 4.91. The Bertz CT molecular complexity index is 886. The summed E-state index contributed by atoms with van der Waals surface area (Å²) in [5, 5.41) is -0.719. The summed E-state index contributed by atoms with van der Waals surface area (Å²) in [6.45, 7) is 0.0964. The van der Waals surface area contributed by atoms with Crippen molar-refractivity contribution in [3.05, 3.63) is 66.2 Å². The quantitative estimate of drug-likeness (QED) is 0.794. The Labute approximate surface area is 148 Å². The molecule has 0 saturated carbocycles. The number of piperidine rings is 1. The number of terminal acetylenes is 1. The first-order chi connectivity index (χ1) is 12.1. The third-order valence-corrected chi connectivity index (χ3v) is 6.74. The Morgan fingerprint density at radius 1 is 1.04 bits per heavy atom. The van der Waals surface area contributed by atoms with Gasteiger partial charge in [-0.3, -0.25) is 4.79 Å². The van der Waals surface area contributed by atoms with Gasteiger partial charge in [0.05, 0.1) is 22.7 Å². The average molecular weight is 353 g/mol. The molecule has 1 amide bonds. The van der Waals surface area contributed by atoms with Crippen LogP contribution in [0.25, 0.3) is 0 Å². The van der Waals surface area contributed by atoms with Crippen molar-refractivity contribution in [2.45, 2.75) is 29.0 Å². The number of nitrogens with zero attached hydrogens (tertiary/aromatic N) is 1. The maximum absolute atomic E-state index is 13.2. The number of sulfone groups is 1. The Hall–Kier alpha value is -2.58. The molecule has 2 aromatic rings. The van der Waals surface area contributed by atoms with E-state index in [-0.39, 0.29) is 30.2 Å². The highest BCUT2D eigenvalue weighted by Crippen LogP contribution is 2.38. The molecule has 0 unspecified atom stereocenters. The van der Waals surface area contributed by atoms with Gasteiger partial charge in [0.15, 0.2) is 9.84 Å². The van der Waals surface area contributed by atoms with E-state index in [1.807, 2.05) is 30.3 Å². The van der Waals surface area contributed by atoms with E-state index in [1.165, 1.54) is 4.90 Å². The van der Waals surface area contributed by atoms with Gasteiger partial charge < -0.3 is 4.90 Å². The summed E-state index contributed by atoms with van der Waals surface area (Å²) < 4.78 is 26.5. The second-order valence-electron chi connectivity index (χ2n) is 6.02. The minimum atomic E-state index is -3.60. The molecule has 1 saturated heterocycles. The van der Waals surface area contributed by atoms with Crippen molar-refractivity contribution in [2.75, 3.05) is 6.54 Å². The fourth-order valence-electron chi connectivity index (χ4n) is 3.36. The first-order valence-electron chi connectivity index (χ1n) is 8.12. The van der Waals surface area contributed by atoms with Gasteiger partial charge >= 0.3 is 0 Å². The van der Waals surface area contributed by atoms with Gasteiger partial charge in [0.1, 0.15) is 0 Å². The Balaban J connectivity index is 2.10. The largest absolute Gasteiger partial charge is 0.323 e. The zero-order valence-corrected chi connectivity index (χ0v) is 14.5. The Morgan fingerprint density at radius 3 is 2.24 bits per heavy atom. The van der Waals surface area contributed by atoms with Crippen LogP contribution in [-0.4, -0.2) is 31.0 Å². The van der Waals surface area contributed by atoms with E-state index in [0.29, 0.717) is 0 Å². The number of benzene rings is 2. The highest BCUT2D eigenvalue weighted by molar-refractivity contribution is 7.92. The van der Waals surface area contributed by atoms with Crippen LogP contribution in [0.2, 0.25) is 0 Å². The zero-order chi connectivity index (χ0) is 17.9. The molecule has 2 aromatic carbocycles. The van der Waals surface area contributed by atoms with Gasteiger partial charge in [-0.05, 0) is 24.1 Å². The summed E-state index contributed by atoms with van der Waals surface area (Å²) >= 11 is 0. The van der Waals surface area contributed by atoms with Crippen LogP contribution in [0.5, 0.6) is 0 Å². The van der Waals surface area contributed by atoms with Crippen LogP contribution in [0, 0.1) is 12.3 Å². The van der Waals surface area contributed by atoms with E-state index >= 15 is 0 Å². The van der Waals surface area contributed by atoms with Crippen molar-refractivity contribution < 1.29 is 13.2 Å². The van der Waals surface area contributed by atoms with Crippen LogP contribution in [0.15, 0.2) is 65.6 Å². The molecule has 1 aliphatic heterocycles. The number of likely N-dealkylation sites (tertiary alicyclic amines) is 1. The van der Waals surface area contributed by atoms with Crippen molar-refractivity contribution in [3.63, 3.8) is 0 Å². The van der Waals surface area contributed by atoms with E-state index in [0.717, 1.165) is 5.56 Å². The fraction of sp³-hybridized carbons (Fsp3) is 0.250. The topological polar surface area (TPSA) is 54.5 Å². The van der Waals surface area contributed by atoms with Gasteiger partial charge in [-0.25, -0.2) is 8.42 Å². The number of carbonyl (C=O) groups is 1. The highest BCUT2D eigenvalue weighted by atomic mass is 32.2. The first kappa shape index (κ1) is 17.2. The van der Waals surface area contributed by atoms with Crippen molar-refractivity contribution in [3.8, 4) is 12.3 Å². The monoisotopic (exact) mass is 353 g/mol. The molecule has 0 aromatic heterocycles. The second kappa shape index (κ2) is 7.12. The summed E-state index contributed by atoms with van der Waals surface area (Å²) in [5.41, 5.74) is 0.787. The van der Waals surface area contributed by atoms with Gasteiger partial charge in [-0.2, -0.15) is 0 Å². The fourth-order valence-corrected chi connectivity index (χ4v) is 5.32. The zero-order valence-electron chi connectivity index (χ0n) is 13.7. The normalized spacial score (nSPS) is 20.9. The van der Waals surface area contributed by atoms with Gasteiger partial charge in [-0.1, -0.05) is 54.5 Å². The van der Waals surface area contributed by atoms with Crippen LogP contribution in [0.4, 0.5) is 0 Å². The minimum Gasteiger partial charge on any atom is -0.323 e. The van der Waals surface area contributed by atoms with Crippen LogP contribution in [-0.2, 0) is 14.6 Å². The third kappa shape index (κ3) is 3.31. The van der Waals surface area contributed by atoms with E-state index < -0.39 is 21.1 Å². The number of hydrogen-bond donors (Lipinski definition) is 0. The molecular formula is C20H19NO3S. The molecule has 0 spiro atoms. The number of amides is 1. The smallest absolute Gasteiger partial charge is 0.223 e. The van der Waals surface area contributed by atoms with Crippen LogP contribution in [0.3, 0.4) is 0 Å². The molecule has 1 heterocycles. The number of hydrogen-bond acceptors (Lipinski definition) is 3. The summed E-state index contributed by atoms with van der Waals surface area (Å²) in [5.74, 6) is 2.38. The van der Waals surface area contributed by atoms with Crippen LogP contribution < -0.4 is 0 Å². The maximum atomic E-state index is 13.2. The molecule has 1 fully saturated rings. The van der Waals surface area contributed by atoms with Crippen LogP contribution >= 0.6 is 0 Å². The van der Waals surface area contributed by atoms with E-state index in [1.54, 1.807) is 30.3 Å². The molecule has 0 aliphatic carbocycles.